The van der Waals surface area contributed by atoms with Gasteiger partial charge in [-0.15, -0.1) is 0 Å². The molecule has 4 aromatic carbocycles. The molecule has 0 fully saturated rings. The summed E-state index contributed by atoms with van der Waals surface area (Å²) in [5.41, 5.74) is 3.97. The van der Waals surface area contributed by atoms with E-state index in [2.05, 4.69) is 52.3 Å². The zero-order valence-electron chi connectivity index (χ0n) is 16.3. The van der Waals surface area contributed by atoms with Gasteiger partial charge in [-0.05, 0) is 51.0 Å². The normalized spacial score (nSPS) is 13.0. The number of nitrogens with zero attached hydrogens (tertiary/aromatic N) is 1. The molecule has 0 bridgehead atoms. The van der Waals surface area contributed by atoms with Crippen molar-refractivity contribution in [3.05, 3.63) is 101 Å². The third-order valence-corrected chi connectivity index (χ3v) is 5.73. The van der Waals surface area contributed by atoms with E-state index in [0.29, 0.717) is 13.2 Å². The number of aliphatic imine (C=N–C) groups is 1. The van der Waals surface area contributed by atoms with E-state index in [4.69, 9.17) is 14.5 Å². The Morgan fingerprint density at radius 3 is 1.80 bits per heavy atom. The predicted molar refractivity (Wildman–Crippen MR) is 125 cm³/mol. The van der Waals surface area contributed by atoms with E-state index < -0.39 is 0 Å². The lowest BCUT2D eigenvalue weighted by Gasteiger charge is -2.12. The highest BCUT2D eigenvalue weighted by Crippen LogP contribution is 2.38. The smallest absolute Gasteiger partial charge is 0.161 e. The van der Waals surface area contributed by atoms with Gasteiger partial charge in [0.05, 0.1) is 24.6 Å². The van der Waals surface area contributed by atoms with Crippen molar-refractivity contribution in [2.75, 3.05) is 13.2 Å². The molecule has 0 spiro atoms. The Hall–Kier alpha value is -3.11. The molecule has 1 aliphatic heterocycles. The second kappa shape index (κ2) is 8.33. The van der Waals surface area contributed by atoms with Crippen LogP contribution in [-0.4, -0.2) is 18.9 Å². The van der Waals surface area contributed by atoms with Crippen LogP contribution in [0.25, 0.3) is 10.8 Å². The largest absolute Gasteiger partial charge is 0.490 e. The molecule has 30 heavy (non-hydrogen) atoms. The first-order valence-electron chi connectivity index (χ1n) is 10.0. The van der Waals surface area contributed by atoms with E-state index >= 15 is 0 Å². The summed E-state index contributed by atoms with van der Waals surface area (Å²) in [7, 11) is 0. The molecule has 0 amide bonds. The van der Waals surface area contributed by atoms with E-state index in [0.717, 1.165) is 55.7 Å². The van der Waals surface area contributed by atoms with Crippen molar-refractivity contribution in [2.45, 2.75) is 6.42 Å². The molecular weight excluding hydrogens is 438 g/mol. The van der Waals surface area contributed by atoms with Gasteiger partial charge >= 0.3 is 0 Å². The van der Waals surface area contributed by atoms with Gasteiger partial charge < -0.3 is 9.47 Å². The Kier molecular flexibility index (Phi) is 5.24. The Labute approximate surface area is 184 Å². The molecule has 0 aromatic heterocycles. The minimum Gasteiger partial charge on any atom is -0.490 e. The van der Waals surface area contributed by atoms with E-state index in [1.54, 1.807) is 0 Å². The summed E-state index contributed by atoms with van der Waals surface area (Å²) in [6.07, 6.45) is 0.891. The third kappa shape index (κ3) is 3.83. The minimum atomic E-state index is 0.673. The average Bonchev–Trinajstić information content (AvgIpc) is 3.02. The van der Waals surface area contributed by atoms with Gasteiger partial charge in [0.2, 0.25) is 0 Å². The molecule has 0 atom stereocenters. The van der Waals surface area contributed by atoms with E-state index in [1.807, 2.05) is 48.5 Å². The van der Waals surface area contributed by atoms with Crippen molar-refractivity contribution < 1.29 is 9.47 Å². The summed E-state index contributed by atoms with van der Waals surface area (Å²) >= 11 is 3.72. The molecule has 1 heterocycles. The van der Waals surface area contributed by atoms with Crippen LogP contribution in [0.1, 0.15) is 17.5 Å². The van der Waals surface area contributed by atoms with Crippen molar-refractivity contribution in [2.24, 2.45) is 4.99 Å². The monoisotopic (exact) mass is 457 g/mol. The standard InChI is InChI=1S/C26H20BrNO2/c27-22-14-20-16-24-25(30-13-7-12-29-24)17-21(20)15-23(22)28-26(18-8-3-1-4-9-18)19-10-5-2-6-11-19/h1-6,8-11,14-17H,7,12-13H2. The number of fused-ring (bicyclic) bond motifs is 2. The van der Waals surface area contributed by atoms with Crippen molar-refractivity contribution in [3.8, 4) is 11.5 Å². The van der Waals surface area contributed by atoms with Crippen LogP contribution in [-0.2, 0) is 0 Å². The van der Waals surface area contributed by atoms with Crippen LogP contribution in [0.2, 0.25) is 0 Å². The maximum absolute atomic E-state index is 5.87. The topological polar surface area (TPSA) is 30.8 Å². The fraction of sp³-hybridized carbons (Fsp3) is 0.115. The van der Waals surface area contributed by atoms with Gasteiger partial charge in [0.1, 0.15) is 0 Å². The van der Waals surface area contributed by atoms with Gasteiger partial charge in [0.25, 0.3) is 0 Å². The van der Waals surface area contributed by atoms with Crippen LogP contribution in [0.5, 0.6) is 11.5 Å². The minimum absolute atomic E-state index is 0.673. The highest BCUT2D eigenvalue weighted by molar-refractivity contribution is 9.10. The van der Waals surface area contributed by atoms with Crippen molar-refractivity contribution in [1.82, 2.24) is 0 Å². The number of ether oxygens (including phenoxy) is 2. The van der Waals surface area contributed by atoms with Crippen LogP contribution < -0.4 is 9.47 Å². The van der Waals surface area contributed by atoms with Gasteiger partial charge in [0, 0.05) is 22.0 Å². The molecule has 1 aliphatic rings. The number of hydrogen-bond donors (Lipinski definition) is 0. The fourth-order valence-electron chi connectivity index (χ4n) is 3.61. The van der Waals surface area contributed by atoms with Crippen LogP contribution in [0, 0.1) is 0 Å². The predicted octanol–water partition coefficient (Wildman–Crippen LogP) is 6.93. The van der Waals surface area contributed by atoms with Gasteiger partial charge in [0.15, 0.2) is 11.5 Å². The van der Waals surface area contributed by atoms with Crippen LogP contribution in [0.4, 0.5) is 5.69 Å². The number of halogens is 1. The molecule has 0 saturated carbocycles. The zero-order valence-corrected chi connectivity index (χ0v) is 17.9. The quantitative estimate of drug-likeness (QED) is 0.312. The van der Waals surface area contributed by atoms with Crippen molar-refractivity contribution >= 4 is 38.1 Å². The number of rotatable bonds is 3. The lowest BCUT2D eigenvalue weighted by molar-refractivity contribution is 0.297. The van der Waals surface area contributed by atoms with Crippen LogP contribution >= 0.6 is 15.9 Å². The highest BCUT2D eigenvalue weighted by atomic mass is 79.9. The summed E-state index contributed by atoms with van der Waals surface area (Å²) in [5, 5.41) is 2.16. The summed E-state index contributed by atoms with van der Waals surface area (Å²) in [4.78, 5) is 5.08. The lowest BCUT2D eigenvalue weighted by Crippen LogP contribution is -2.02. The van der Waals surface area contributed by atoms with Gasteiger partial charge in [-0.25, -0.2) is 4.99 Å². The summed E-state index contributed by atoms with van der Waals surface area (Å²) in [5.74, 6) is 1.60. The first kappa shape index (κ1) is 18.9. The molecule has 3 nitrogen and oxygen atoms in total. The molecule has 0 aliphatic carbocycles. The molecule has 4 heteroatoms. The van der Waals surface area contributed by atoms with E-state index in [-0.39, 0.29) is 0 Å². The summed E-state index contributed by atoms with van der Waals surface area (Å²) in [6.45, 7) is 1.35. The average molecular weight is 458 g/mol. The molecule has 5 rings (SSSR count). The molecule has 0 saturated heterocycles. The highest BCUT2D eigenvalue weighted by Gasteiger charge is 2.14. The first-order chi connectivity index (χ1) is 14.8. The van der Waals surface area contributed by atoms with Gasteiger partial charge in [-0.1, -0.05) is 60.7 Å². The van der Waals surface area contributed by atoms with E-state index in [1.165, 1.54) is 0 Å². The molecule has 148 valence electrons. The van der Waals surface area contributed by atoms with Crippen LogP contribution in [0.15, 0.2) is 94.4 Å². The van der Waals surface area contributed by atoms with Crippen LogP contribution in [0.3, 0.4) is 0 Å². The second-order valence-electron chi connectivity index (χ2n) is 7.19. The maximum atomic E-state index is 5.87. The fourth-order valence-corrected chi connectivity index (χ4v) is 4.06. The molecule has 0 unspecified atom stereocenters. The Morgan fingerprint density at radius 2 is 1.23 bits per heavy atom. The summed E-state index contributed by atoms with van der Waals surface area (Å²) < 4.78 is 12.7. The SMILES string of the molecule is Brc1cc2cc3c(cc2cc1N=C(c1ccccc1)c1ccccc1)OCCCO3. The first-order valence-corrected chi connectivity index (χ1v) is 10.8. The molecule has 0 radical (unpaired) electrons. The van der Waals surface area contributed by atoms with Crippen molar-refractivity contribution in [1.29, 1.82) is 0 Å². The molecule has 0 N–H and O–H groups in total. The van der Waals surface area contributed by atoms with Crippen molar-refractivity contribution in [3.63, 3.8) is 0 Å². The maximum Gasteiger partial charge on any atom is 0.161 e. The zero-order chi connectivity index (χ0) is 20.3. The molecule has 4 aromatic rings. The molecular formula is C26H20BrNO2. The number of benzene rings is 4. The van der Waals surface area contributed by atoms with Gasteiger partial charge in [-0.3, -0.25) is 0 Å². The van der Waals surface area contributed by atoms with Gasteiger partial charge in [-0.2, -0.15) is 0 Å². The Balaban J connectivity index is 1.66. The Bertz CT molecular complexity index is 1180. The van der Waals surface area contributed by atoms with E-state index in [9.17, 15) is 0 Å². The second-order valence-corrected chi connectivity index (χ2v) is 8.05. The Morgan fingerprint density at radius 1 is 0.700 bits per heavy atom. The number of hydrogen-bond acceptors (Lipinski definition) is 3. The summed E-state index contributed by atoms with van der Waals surface area (Å²) in [6, 6.07) is 28.8. The lowest BCUT2D eigenvalue weighted by atomic mass is 10.0. The third-order valence-electron chi connectivity index (χ3n) is 5.10.